The van der Waals surface area contributed by atoms with E-state index >= 15 is 0 Å². The van der Waals surface area contributed by atoms with Crippen LogP contribution in [0.2, 0.25) is 25.7 Å². The van der Waals surface area contributed by atoms with Gasteiger partial charge >= 0.3 is 0 Å². The van der Waals surface area contributed by atoms with E-state index < -0.39 is 20.2 Å². The molecular formula is C24H31FN4O4Si. The molecule has 1 aliphatic carbocycles. The van der Waals surface area contributed by atoms with Crippen molar-refractivity contribution in [1.82, 2.24) is 14.8 Å². The molecule has 34 heavy (non-hydrogen) atoms. The molecule has 0 bridgehead atoms. The van der Waals surface area contributed by atoms with Crippen molar-refractivity contribution in [2.75, 3.05) is 26.1 Å². The molecule has 8 nitrogen and oxygen atoms in total. The molecule has 0 aliphatic heterocycles. The minimum absolute atomic E-state index is 0.206. The van der Waals surface area contributed by atoms with Crippen LogP contribution in [0.15, 0.2) is 30.3 Å². The van der Waals surface area contributed by atoms with Crippen LogP contribution in [0.4, 0.5) is 10.2 Å². The van der Waals surface area contributed by atoms with E-state index in [0.717, 1.165) is 11.4 Å². The summed E-state index contributed by atoms with van der Waals surface area (Å²) in [6.45, 7) is 7.72. The predicted molar refractivity (Wildman–Crippen MR) is 132 cm³/mol. The van der Waals surface area contributed by atoms with Gasteiger partial charge in [0.1, 0.15) is 35.9 Å². The summed E-state index contributed by atoms with van der Waals surface area (Å²) >= 11 is 0. The van der Waals surface area contributed by atoms with Crippen LogP contribution in [0.25, 0.3) is 22.3 Å². The first-order chi connectivity index (χ1) is 16.2. The maximum Gasteiger partial charge on any atom is 0.231 e. The number of hydrogen-bond donors (Lipinski definition) is 1. The largest absolute Gasteiger partial charge is 0.496 e. The fraction of sp³-hybridized carbons (Fsp3) is 0.458. The minimum atomic E-state index is -1.24. The molecule has 0 saturated heterocycles. The van der Waals surface area contributed by atoms with Crippen LogP contribution in [-0.2, 0) is 16.3 Å². The van der Waals surface area contributed by atoms with Crippen LogP contribution >= 0.6 is 0 Å². The van der Waals surface area contributed by atoms with Crippen molar-refractivity contribution in [3.63, 3.8) is 0 Å². The molecule has 1 aliphatic rings. The van der Waals surface area contributed by atoms with Crippen molar-refractivity contribution in [1.29, 1.82) is 0 Å². The number of hydrogen-bond acceptors (Lipinski definition) is 6. The molecular weight excluding hydrogens is 455 g/mol. The number of pyridine rings is 1. The maximum atomic E-state index is 13.3. The summed E-state index contributed by atoms with van der Waals surface area (Å²) in [5.74, 6) is 0.624. The quantitative estimate of drug-likeness (QED) is 0.329. The second kappa shape index (κ2) is 9.71. The standard InChI is InChI=1S/C24H31FN4O4Si/c1-31-18-7-6-8-19(32-2)21(18)22-15-9-10-20(27-24(30)16-13-17(16)25)26-23(15)29(28-22)14-33-11-12-34(3,4)5/h6-10,16-17H,11-14H2,1-5H3,(H,26,27,30). The third-order valence-corrected chi connectivity index (χ3v) is 7.47. The molecule has 1 amide bonds. The number of amides is 1. The number of fused-ring (bicyclic) bond motifs is 1. The Labute approximate surface area is 199 Å². The molecule has 0 radical (unpaired) electrons. The number of rotatable bonds is 10. The normalized spacial score (nSPS) is 17.6. The zero-order chi connectivity index (χ0) is 24.5. The van der Waals surface area contributed by atoms with Gasteiger partial charge in [-0.15, -0.1) is 0 Å². The molecule has 182 valence electrons. The van der Waals surface area contributed by atoms with Crippen LogP contribution in [0.3, 0.4) is 0 Å². The highest BCUT2D eigenvalue weighted by atomic mass is 28.3. The van der Waals surface area contributed by atoms with Gasteiger partial charge in [0.25, 0.3) is 0 Å². The van der Waals surface area contributed by atoms with Gasteiger partial charge in [0, 0.05) is 20.1 Å². The van der Waals surface area contributed by atoms with E-state index in [1.807, 2.05) is 24.3 Å². The van der Waals surface area contributed by atoms with E-state index in [0.29, 0.717) is 40.8 Å². The number of nitrogens with zero attached hydrogens (tertiary/aromatic N) is 3. The summed E-state index contributed by atoms with van der Waals surface area (Å²) in [6, 6.07) is 10.1. The van der Waals surface area contributed by atoms with Gasteiger partial charge in [0.2, 0.25) is 5.91 Å². The first-order valence-electron chi connectivity index (χ1n) is 11.3. The van der Waals surface area contributed by atoms with Gasteiger partial charge in [0.05, 0.1) is 25.7 Å². The Morgan fingerprint density at radius 2 is 1.85 bits per heavy atom. The Kier molecular flexibility index (Phi) is 6.90. The number of halogens is 1. The van der Waals surface area contributed by atoms with Gasteiger partial charge < -0.3 is 19.5 Å². The number of benzene rings is 1. The van der Waals surface area contributed by atoms with Crippen LogP contribution in [0.5, 0.6) is 11.5 Å². The maximum absolute atomic E-state index is 13.3. The van der Waals surface area contributed by atoms with E-state index in [2.05, 4.69) is 29.9 Å². The Morgan fingerprint density at radius 3 is 2.44 bits per heavy atom. The van der Waals surface area contributed by atoms with Gasteiger partial charge in [-0.1, -0.05) is 25.7 Å². The fourth-order valence-corrected chi connectivity index (χ4v) is 4.42. The molecule has 1 N–H and O–H groups in total. The zero-order valence-electron chi connectivity index (χ0n) is 20.2. The van der Waals surface area contributed by atoms with E-state index in [1.165, 1.54) is 0 Å². The number of methoxy groups -OCH3 is 2. The van der Waals surface area contributed by atoms with Crippen molar-refractivity contribution in [2.24, 2.45) is 5.92 Å². The summed E-state index contributed by atoms with van der Waals surface area (Å²) in [5.41, 5.74) is 1.88. The third-order valence-electron chi connectivity index (χ3n) is 5.77. The fourth-order valence-electron chi connectivity index (χ4n) is 3.66. The average Bonchev–Trinajstić information content (AvgIpc) is 3.44. The second-order valence-corrected chi connectivity index (χ2v) is 15.3. The lowest BCUT2D eigenvalue weighted by molar-refractivity contribution is -0.117. The van der Waals surface area contributed by atoms with Crippen LogP contribution in [0, 0.1) is 5.92 Å². The molecule has 0 spiro atoms. The third kappa shape index (κ3) is 5.23. The van der Waals surface area contributed by atoms with E-state index in [-0.39, 0.29) is 19.1 Å². The highest BCUT2D eigenvalue weighted by Gasteiger charge is 2.43. The lowest BCUT2D eigenvalue weighted by atomic mass is 10.1. The molecule has 3 aromatic rings. The molecule has 1 saturated carbocycles. The van der Waals surface area contributed by atoms with Crippen LogP contribution in [0.1, 0.15) is 6.42 Å². The summed E-state index contributed by atoms with van der Waals surface area (Å²) < 4.78 is 32.1. The van der Waals surface area contributed by atoms with Crippen molar-refractivity contribution >= 4 is 30.8 Å². The minimum Gasteiger partial charge on any atom is -0.496 e. The number of ether oxygens (including phenoxy) is 3. The number of carbonyl (C=O) groups excluding carboxylic acids is 1. The number of aromatic nitrogens is 3. The molecule has 4 rings (SSSR count). The van der Waals surface area contributed by atoms with E-state index in [4.69, 9.17) is 19.3 Å². The van der Waals surface area contributed by atoms with Crippen molar-refractivity contribution in [2.45, 2.75) is 45.0 Å². The van der Waals surface area contributed by atoms with Gasteiger partial charge in [-0.25, -0.2) is 14.1 Å². The van der Waals surface area contributed by atoms with Crippen LogP contribution < -0.4 is 14.8 Å². The SMILES string of the molecule is COc1cccc(OC)c1-c1nn(COCC[Si](C)(C)C)c2nc(NC(=O)C3CC3F)ccc12. The van der Waals surface area contributed by atoms with Gasteiger partial charge in [-0.3, -0.25) is 4.79 Å². The van der Waals surface area contributed by atoms with Gasteiger partial charge in [-0.2, -0.15) is 5.10 Å². The highest BCUT2D eigenvalue weighted by molar-refractivity contribution is 6.76. The van der Waals surface area contributed by atoms with Crippen LogP contribution in [-0.4, -0.2) is 55.7 Å². The molecule has 2 unspecified atom stereocenters. The number of nitrogens with one attached hydrogen (secondary N) is 1. The zero-order valence-corrected chi connectivity index (χ0v) is 21.2. The first kappa shape index (κ1) is 24.2. The topological polar surface area (TPSA) is 87.5 Å². The number of carbonyl (C=O) groups is 1. The Balaban J connectivity index is 1.72. The Morgan fingerprint density at radius 1 is 1.18 bits per heavy atom. The first-order valence-corrected chi connectivity index (χ1v) is 15.0. The number of anilines is 1. The smallest absolute Gasteiger partial charge is 0.231 e. The summed E-state index contributed by atoms with van der Waals surface area (Å²) in [4.78, 5) is 16.9. The van der Waals surface area contributed by atoms with E-state index in [9.17, 15) is 9.18 Å². The predicted octanol–water partition coefficient (Wildman–Crippen LogP) is 4.72. The lowest BCUT2D eigenvalue weighted by Gasteiger charge is -2.15. The molecule has 10 heteroatoms. The summed E-state index contributed by atoms with van der Waals surface area (Å²) in [6.07, 6.45) is -0.812. The van der Waals surface area contributed by atoms with Gasteiger partial charge in [-0.05, 0) is 36.7 Å². The lowest BCUT2D eigenvalue weighted by Crippen LogP contribution is -2.22. The summed E-state index contributed by atoms with van der Waals surface area (Å²) in [5, 5.41) is 8.27. The Hall–Kier alpha value is -2.98. The molecule has 1 aromatic carbocycles. The monoisotopic (exact) mass is 486 g/mol. The van der Waals surface area contributed by atoms with Crippen molar-refractivity contribution in [3.8, 4) is 22.8 Å². The van der Waals surface area contributed by atoms with Gasteiger partial charge in [0.15, 0.2) is 5.65 Å². The van der Waals surface area contributed by atoms with Crippen molar-refractivity contribution < 1.29 is 23.4 Å². The summed E-state index contributed by atoms with van der Waals surface area (Å²) in [7, 11) is 1.95. The molecule has 2 atom stereocenters. The average molecular weight is 487 g/mol. The Bertz CT molecular complexity index is 1170. The second-order valence-electron chi connectivity index (χ2n) is 9.65. The molecule has 2 heterocycles. The van der Waals surface area contributed by atoms with E-state index in [1.54, 1.807) is 25.0 Å². The van der Waals surface area contributed by atoms with Crippen molar-refractivity contribution in [3.05, 3.63) is 30.3 Å². The molecule has 1 fully saturated rings. The molecule has 2 aromatic heterocycles. The number of alkyl halides is 1. The highest BCUT2D eigenvalue weighted by Crippen LogP contribution is 2.41.